The zero-order valence-electron chi connectivity index (χ0n) is 12.5. The summed E-state index contributed by atoms with van der Waals surface area (Å²) in [6.07, 6.45) is 1.63. The van der Waals surface area contributed by atoms with Crippen LogP contribution in [0, 0.1) is 0 Å². The van der Waals surface area contributed by atoms with Gasteiger partial charge in [0.05, 0.1) is 23.4 Å². The summed E-state index contributed by atoms with van der Waals surface area (Å²) in [5, 5.41) is 7.19. The van der Waals surface area contributed by atoms with Crippen LogP contribution in [0.25, 0.3) is 11.0 Å². The van der Waals surface area contributed by atoms with Gasteiger partial charge in [0, 0.05) is 12.1 Å². The summed E-state index contributed by atoms with van der Waals surface area (Å²) in [6.45, 7) is 0.573. The number of hydrogen-bond donors (Lipinski definition) is 2. The van der Waals surface area contributed by atoms with Crippen LogP contribution in [0.15, 0.2) is 41.4 Å². The topological polar surface area (TPSA) is 61.0 Å². The second-order valence-corrected chi connectivity index (χ2v) is 6.16. The maximum Gasteiger partial charge on any atom is 0.251 e. The summed E-state index contributed by atoms with van der Waals surface area (Å²) in [6, 6.07) is 7.74. The number of fused-ring (bicyclic) bond motifs is 1. The minimum absolute atomic E-state index is 0.0708. The van der Waals surface area contributed by atoms with Crippen molar-refractivity contribution < 1.29 is 4.79 Å². The van der Waals surface area contributed by atoms with Gasteiger partial charge >= 0.3 is 0 Å². The van der Waals surface area contributed by atoms with Crippen LogP contribution in [0.3, 0.4) is 0 Å². The number of carbonyl (C=O) groups is 1. The lowest BCUT2D eigenvalue weighted by Crippen LogP contribution is -2.34. The summed E-state index contributed by atoms with van der Waals surface area (Å²) in [5.41, 5.74) is 3.59. The number of rotatable bonds is 5. The molecule has 22 heavy (non-hydrogen) atoms. The Morgan fingerprint density at radius 1 is 1.41 bits per heavy atom. The molecule has 0 spiro atoms. The normalized spacial score (nSPS) is 12.7. The summed E-state index contributed by atoms with van der Waals surface area (Å²) in [7, 11) is 4.04. The quantitative estimate of drug-likeness (QED) is 0.761. The highest BCUT2D eigenvalue weighted by atomic mass is 32.1. The number of hydrogen-bond acceptors (Lipinski definition) is 4. The van der Waals surface area contributed by atoms with E-state index in [1.54, 1.807) is 23.7 Å². The molecule has 0 aliphatic heterocycles. The Kier molecular flexibility index (Phi) is 4.22. The highest BCUT2D eigenvalue weighted by molar-refractivity contribution is 7.07. The first kappa shape index (κ1) is 14.7. The molecule has 0 saturated heterocycles. The fourth-order valence-electron chi connectivity index (χ4n) is 2.43. The largest absolute Gasteiger partial charge is 0.350 e. The predicted molar refractivity (Wildman–Crippen MR) is 89.2 cm³/mol. The third-order valence-electron chi connectivity index (χ3n) is 3.69. The van der Waals surface area contributed by atoms with E-state index in [0.29, 0.717) is 12.1 Å². The maximum atomic E-state index is 12.3. The molecular weight excluding hydrogens is 296 g/mol. The molecule has 114 valence electrons. The molecule has 0 bridgehead atoms. The zero-order valence-corrected chi connectivity index (χ0v) is 13.4. The van der Waals surface area contributed by atoms with Gasteiger partial charge in [-0.05, 0) is 54.7 Å². The third-order valence-corrected chi connectivity index (χ3v) is 4.39. The van der Waals surface area contributed by atoms with Crippen LogP contribution >= 0.6 is 11.3 Å². The number of aromatic amines is 1. The van der Waals surface area contributed by atoms with Crippen molar-refractivity contribution in [3.05, 3.63) is 52.5 Å². The number of nitrogens with one attached hydrogen (secondary N) is 2. The average Bonchev–Trinajstić information content (AvgIpc) is 3.17. The highest BCUT2D eigenvalue weighted by Gasteiger charge is 2.16. The molecule has 0 aliphatic rings. The molecule has 5 nitrogen and oxygen atoms in total. The van der Waals surface area contributed by atoms with E-state index in [1.807, 2.05) is 26.2 Å². The monoisotopic (exact) mass is 314 g/mol. The average molecular weight is 314 g/mol. The molecule has 0 saturated carbocycles. The van der Waals surface area contributed by atoms with E-state index in [0.717, 1.165) is 11.0 Å². The molecule has 0 unspecified atom stereocenters. The smallest absolute Gasteiger partial charge is 0.251 e. The second kappa shape index (κ2) is 6.29. The van der Waals surface area contributed by atoms with Gasteiger partial charge in [0.1, 0.15) is 0 Å². The van der Waals surface area contributed by atoms with Crippen molar-refractivity contribution in [2.75, 3.05) is 20.6 Å². The molecule has 0 radical (unpaired) electrons. The van der Waals surface area contributed by atoms with E-state index in [9.17, 15) is 4.79 Å². The van der Waals surface area contributed by atoms with Crippen LogP contribution in [-0.4, -0.2) is 41.4 Å². The Balaban J connectivity index is 1.70. The number of benzene rings is 1. The number of imidazole rings is 1. The molecule has 2 N–H and O–H groups in total. The fourth-order valence-corrected chi connectivity index (χ4v) is 3.14. The maximum absolute atomic E-state index is 12.3. The van der Waals surface area contributed by atoms with Crippen LogP contribution in [-0.2, 0) is 0 Å². The van der Waals surface area contributed by atoms with E-state index in [-0.39, 0.29) is 11.9 Å². The van der Waals surface area contributed by atoms with Gasteiger partial charge in [-0.2, -0.15) is 11.3 Å². The SMILES string of the molecule is CN(C)[C@H](CNC(=O)c1ccc2nc[nH]c2c1)c1ccsc1. The standard InChI is InChI=1S/C16H18N4OS/c1-20(2)15(12-5-6-22-9-12)8-17-16(21)11-3-4-13-14(7-11)19-10-18-13/h3-7,9-10,15H,8H2,1-2H3,(H,17,21)(H,18,19)/t15-/m1/s1. The van der Waals surface area contributed by atoms with Crippen molar-refractivity contribution >= 4 is 28.3 Å². The van der Waals surface area contributed by atoms with Gasteiger partial charge in [-0.3, -0.25) is 4.79 Å². The van der Waals surface area contributed by atoms with Gasteiger partial charge < -0.3 is 15.2 Å². The van der Waals surface area contributed by atoms with Gasteiger partial charge in [-0.25, -0.2) is 4.98 Å². The van der Waals surface area contributed by atoms with Gasteiger partial charge in [-0.1, -0.05) is 0 Å². The van der Waals surface area contributed by atoms with Crippen molar-refractivity contribution in [3.8, 4) is 0 Å². The number of likely N-dealkylation sites (N-methyl/N-ethyl adjacent to an activating group) is 1. The van der Waals surface area contributed by atoms with Crippen LogP contribution in [0.2, 0.25) is 0 Å². The molecule has 1 aromatic carbocycles. The first-order valence-corrected chi connectivity index (χ1v) is 7.99. The van der Waals surface area contributed by atoms with E-state index >= 15 is 0 Å². The third kappa shape index (κ3) is 3.03. The lowest BCUT2D eigenvalue weighted by Gasteiger charge is -2.24. The number of carbonyl (C=O) groups excluding carboxylic acids is 1. The van der Waals surface area contributed by atoms with Gasteiger partial charge in [0.15, 0.2) is 0 Å². The Labute approximate surface area is 133 Å². The van der Waals surface area contributed by atoms with Crippen molar-refractivity contribution in [2.45, 2.75) is 6.04 Å². The first-order valence-electron chi connectivity index (χ1n) is 7.05. The summed E-state index contributed by atoms with van der Waals surface area (Å²) < 4.78 is 0. The van der Waals surface area contributed by atoms with Crippen molar-refractivity contribution in [3.63, 3.8) is 0 Å². The summed E-state index contributed by atoms with van der Waals surface area (Å²) in [5.74, 6) is -0.0708. The van der Waals surface area contributed by atoms with Crippen LogP contribution < -0.4 is 5.32 Å². The Hall–Kier alpha value is -2.18. The van der Waals surface area contributed by atoms with Gasteiger partial charge in [0.2, 0.25) is 0 Å². The molecule has 0 aliphatic carbocycles. The molecule has 0 fully saturated rings. The molecule has 6 heteroatoms. The molecule has 1 atom stereocenters. The van der Waals surface area contributed by atoms with Crippen LogP contribution in [0.1, 0.15) is 22.0 Å². The van der Waals surface area contributed by atoms with Crippen molar-refractivity contribution in [1.82, 2.24) is 20.2 Å². The Morgan fingerprint density at radius 3 is 3.00 bits per heavy atom. The minimum Gasteiger partial charge on any atom is -0.350 e. The van der Waals surface area contributed by atoms with E-state index in [4.69, 9.17) is 0 Å². The van der Waals surface area contributed by atoms with E-state index < -0.39 is 0 Å². The number of aromatic nitrogens is 2. The van der Waals surface area contributed by atoms with Crippen molar-refractivity contribution in [1.29, 1.82) is 0 Å². The molecule has 3 rings (SSSR count). The predicted octanol–water partition coefficient (Wildman–Crippen LogP) is 2.66. The lowest BCUT2D eigenvalue weighted by molar-refractivity contribution is 0.0942. The van der Waals surface area contributed by atoms with E-state index in [2.05, 4.69) is 37.0 Å². The van der Waals surface area contributed by atoms with Crippen LogP contribution in [0.4, 0.5) is 0 Å². The number of nitrogens with zero attached hydrogens (tertiary/aromatic N) is 2. The number of amides is 1. The van der Waals surface area contributed by atoms with E-state index in [1.165, 1.54) is 5.56 Å². The lowest BCUT2D eigenvalue weighted by atomic mass is 10.1. The Morgan fingerprint density at radius 2 is 2.27 bits per heavy atom. The fraction of sp³-hybridized carbons (Fsp3) is 0.250. The number of H-pyrrole nitrogens is 1. The van der Waals surface area contributed by atoms with Gasteiger partial charge in [-0.15, -0.1) is 0 Å². The molecule has 3 aromatic rings. The van der Waals surface area contributed by atoms with Gasteiger partial charge in [0.25, 0.3) is 5.91 Å². The Bertz CT molecular complexity index is 763. The number of thiophene rings is 1. The van der Waals surface area contributed by atoms with Crippen LogP contribution in [0.5, 0.6) is 0 Å². The first-order chi connectivity index (χ1) is 10.6. The van der Waals surface area contributed by atoms with Crippen molar-refractivity contribution in [2.24, 2.45) is 0 Å². The molecule has 2 heterocycles. The second-order valence-electron chi connectivity index (χ2n) is 5.38. The summed E-state index contributed by atoms with van der Waals surface area (Å²) in [4.78, 5) is 21.6. The minimum atomic E-state index is -0.0708. The molecule has 1 amide bonds. The molecule has 2 aromatic heterocycles. The summed E-state index contributed by atoms with van der Waals surface area (Å²) >= 11 is 1.67. The molecular formula is C16H18N4OS. The highest BCUT2D eigenvalue weighted by Crippen LogP contribution is 2.20. The zero-order chi connectivity index (χ0) is 15.5.